The minimum atomic E-state index is -4.48. The molecule has 0 aliphatic carbocycles. The van der Waals surface area contributed by atoms with Gasteiger partial charge < -0.3 is 15.7 Å². The van der Waals surface area contributed by atoms with Gasteiger partial charge in [0.2, 0.25) is 0 Å². The summed E-state index contributed by atoms with van der Waals surface area (Å²) in [4.78, 5) is 16.2. The fraction of sp³-hybridized carbons (Fsp3) is 0.321. The third-order valence-electron chi connectivity index (χ3n) is 5.15. The van der Waals surface area contributed by atoms with Crippen molar-refractivity contribution in [2.75, 3.05) is 24.7 Å². The number of aryl methyl sites for hydroxylation is 1. The van der Waals surface area contributed by atoms with Crippen molar-refractivity contribution in [3.05, 3.63) is 83.2 Å². The van der Waals surface area contributed by atoms with Gasteiger partial charge in [-0.25, -0.2) is 9.36 Å². The van der Waals surface area contributed by atoms with Gasteiger partial charge in [0.15, 0.2) is 11.4 Å². The molecule has 0 saturated carbocycles. The molecule has 2 heterocycles. The highest BCUT2D eigenvalue weighted by Gasteiger charge is 2.36. The zero-order chi connectivity index (χ0) is 30.1. The topological polar surface area (TPSA) is 114 Å². The summed E-state index contributed by atoms with van der Waals surface area (Å²) in [6.07, 6.45) is -8.68. The standard InChI is InChI=1S/C12H12F3N3O.C12H12F3N3.CO2.3CH4/c1-16-11-6-10(12(13,14)15)17-18(11)9-4-2-8(7-19)3-5-9;1-8-3-5-9(6-4-8)18-11(16-2)7-10(17-18)12(13,14)15;2-1-3;;;/h2-6,16,19H,7H2,1H3;3-7,16H,1-2H3;;3*1H4. The van der Waals surface area contributed by atoms with E-state index in [1.165, 1.54) is 16.4 Å². The number of alkyl halides is 6. The van der Waals surface area contributed by atoms with Gasteiger partial charge in [-0.1, -0.05) is 52.1 Å². The third-order valence-corrected chi connectivity index (χ3v) is 5.15. The Kier molecular flexibility index (Phi) is 16.4. The van der Waals surface area contributed by atoms with E-state index in [0.717, 1.165) is 17.7 Å². The van der Waals surface area contributed by atoms with Crippen molar-refractivity contribution < 1.29 is 41.0 Å². The first-order chi connectivity index (χ1) is 18.8. The van der Waals surface area contributed by atoms with Gasteiger partial charge in [-0.2, -0.15) is 46.1 Å². The lowest BCUT2D eigenvalue weighted by atomic mass is 10.2. The summed E-state index contributed by atoms with van der Waals surface area (Å²) in [5.41, 5.74) is 0.916. The summed E-state index contributed by atoms with van der Waals surface area (Å²) in [6, 6.07) is 15.5. The van der Waals surface area contributed by atoms with Crippen LogP contribution in [-0.4, -0.2) is 44.9 Å². The van der Waals surface area contributed by atoms with Crippen LogP contribution >= 0.6 is 0 Å². The lowest BCUT2D eigenvalue weighted by molar-refractivity contribution is -0.191. The molecule has 43 heavy (non-hydrogen) atoms. The molecule has 0 saturated heterocycles. The van der Waals surface area contributed by atoms with Crippen LogP contribution in [0.2, 0.25) is 0 Å². The smallest absolute Gasteiger partial charge is 0.392 e. The maximum Gasteiger partial charge on any atom is 0.435 e. The molecular weight excluding hydrogens is 582 g/mol. The molecule has 0 bridgehead atoms. The third kappa shape index (κ3) is 10.9. The van der Waals surface area contributed by atoms with Gasteiger partial charge in [-0.3, -0.25) is 0 Å². The van der Waals surface area contributed by atoms with Crippen molar-refractivity contribution in [1.29, 1.82) is 0 Å². The first-order valence-corrected chi connectivity index (χ1v) is 11.3. The lowest BCUT2D eigenvalue weighted by Crippen LogP contribution is -2.07. The van der Waals surface area contributed by atoms with Crippen molar-refractivity contribution in [2.45, 2.75) is 48.2 Å². The number of anilines is 2. The molecule has 0 radical (unpaired) electrons. The molecule has 15 heteroatoms. The van der Waals surface area contributed by atoms with E-state index in [-0.39, 0.29) is 40.9 Å². The summed E-state index contributed by atoms with van der Waals surface area (Å²) in [7, 11) is 3.08. The Morgan fingerprint density at radius 3 is 1.33 bits per heavy atom. The van der Waals surface area contributed by atoms with E-state index in [0.29, 0.717) is 22.8 Å². The summed E-state index contributed by atoms with van der Waals surface area (Å²) >= 11 is 0. The summed E-state index contributed by atoms with van der Waals surface area (Å²) in [5.74, 6) is 0.537. The van der Waals surface area contributed by atoms with Crippen molar-refractivity contribution in [3.8, 4) is 11.4 Å². The largest absolute Gasteiger partial charge is 0.435 e. The molecule has 0 aliphatic heterocycles. The molecule has 0 amide bonds. The van der Waals surface area contributed by atoms with E-state index in [1.807, 2.05) is 19.1 Å². The van der Waals surface area contributed by atoms with Crippen LogP contribution in [0.15, 0.2) is 60.7 Å². The molecule has 0 atom stereocenters. The van der Waals surface area contributed by atoms with Crippen LogP contribution in [0.1, 0.15) is 44.8 Å². The molecule has 0 spiro atoms. The highest BCUT2D eigenvalue weighted by atomic mass is 19.4. The molecule has 0 unspecified atom stereocenters. The van der Waals surface area contributed by atoms with Crippen molar-refractivity contribution in [2.24, 2.45) is 0 Å². The lowest BCUT2D eigenvalue weighted by Gasteiger charge is -2.07. The van der Waals surface area contributed by atoms with E-state index in [2.05, 4.69) is 20.8 Å². The average Bonchev–Trinajstić information content (AvgIpc) is 3.55. The number of rotatable bonds is 5. The Bertz CT molecular complexity index is 1410. The van der Waals surface area contributed by atoms with Crippen molar-refractivity contribution in [1.82, 2.24) is 19.6 Å². The fourth-order valence-corrected chi connectivity index (χ4v) is 3.22. The second-order valence-electron chi connectivity index (χ2n) is 7.89. The van der Waals surface area contributed by atoms with E-state index >= 15 is 0 Å². The normalized spacial score (nSPS) is 10.2. The van der Waals surface area contributed by atoms with Crippen LogP contribution < -0.4 is 10.6 Å². The molecule has 0 fully saturated rings. The van der Waals surface area contributed by atoms with Gasteiger partial charge in [-0.15, -0.1) is 0 Å². The number of hydrogen-bond donors (Lipinski definition) is 3. The SMILES string of the molecule is C.C.C.CNc1cc(C(F)(F)F)nn1-c1ccc(C)cc1.CNc1cc(C(F)(F)F)nn1-c1ccc(CO)cc1.O=C=O. The minimum Gasteiger partial charge on any atom is -0.392 e. The van der Waals surface area contributed by atoms with Gasteiger partial charge in [0, 0.05) is 26.2 Å². The summed E-state index contributed by atoms with van der Waals surface area (Å²) in [5, 5.41) is 21.4. The number of nitrogens with one attached hydrogen (secondary N) is 2. The second kappa shape index (κ2) is 17.4. The van der Waals surface area contributed by atoms with Crippen LogP contribution in [0.3, 0.4) is 0 Å². The molecular formula is C28H36F6N6O3. The number of carbonyl (C=O) groups excluding carboxylic acids is 2. The monoisotopic (exact) mass is 618 g/mol. The summed E-state index contributed by atoms with van der Waals surface area (Å²) < 4.78 is 78.0. The van der Waals surface area contributed by atoms with Crippen molar-refractivity contribution in [3.63, 3.8) is 0 Å². The quantitative estimate of drug-likeness (QED) is 0.207. The Labute approximate surface area is 246 Å². The maximum atomic E-state index is 12.6. The zero-order valence-electron chi connectivity index (χ0n) is 21.3. The highest BCUT2D eigenvalue weighted by Crippen LogP contribution is 2.32. The molecule has 2 aromatic carbocycles. The van der Waals surface area contributed by atoms with Gasteiger partial charge in [-0.05, 0) is 36.8 Å². The molecule has 4 rings (SSSR count). The number of hydrogen-bond acceptors (Lipinski definition) is 7. The highest BCUT2D eigenvalue weighted by molar-refractivity contribution is 5.48. The molecule has 0 aliphatic rings. The van der Waals surface area contributed by atoms with Crippen LogP contribution in [0.5, 0.6) is 0 Å². The molecule has 4 aromatic rings. The Balaban J connectivity index is 0. The van der Waals surface area contributed by atoms with Gasteiger partial charge in [0.25, 0.3) is 0 Å². The van der Waals surface area contributed by atoms with Gasteiger partial charge in [0.1, 0.15) is 11.6 Å². The Hall–Kier alpha value is -4.62. The van der Waals surface area contributed by atoms with E-state index in [9.17, 15) is 26.3 Å². The first-order valence-electron chi connectivity index (χ1n) is 11.3. The van der Waals surface area contributed by atoms with Crippen LogP contribution in [0, 0.1) is 6.92 Å². The Morgan fingerprint density at radius 2 is 1.05 bits per heavy atom. The molecule has 3 N–H and O–H groups in total. The van der Waals surface area contributed by atoms with Crippen LogP contribution in [0.4, 0.5) is 38.0 Å². The predicted molar refractivity (Wildman–Crippen MR) is 152 cm³/mol. The van der Waals surface area contributed by atoms with E-state index in [4.69, 9.17) is 14.7 Å². The first kappa shape index (κ1) is 40.5. The Morgan fingerprint density at radius 1 is 0.721 bits per heavy atom. The van der Waals surface area contributed by atoms with Crippen LogP contribution in [-0.2, 0) is 28.5 Å². The molecule has 9 nitrogen and oxygen atoms in total. The second-order valence-corrected chi connectivity index (χ2v) is 7.89. The fourth-order valence-electron chi connectivity index (χ4n) is 3.22. The maximum absolute atomic E-state index is 12.6. The number of aliphatic hydroxyl groups is 1. The number of aromatic nitrogens is 4. The predicted octanol–water partition coefficient (Wildman–Crippen LogP) is 6.99. The van der Waals surface area contributed by atoms with Crippen molar-refractivity contribution >= 4 is 17.8 Å². The number of aliphatic hydroxyl groups excluding tert-OH is 1. The zero-order valence-corrected chi connectivity index (χ0v) is 21.3. The minimum absolute atomic E-state index is 0. The molecule has 238 valence electrons. The van der Waals surface area contributed by atoms with Gasteiger partial charge >= 0.3 is 18.5 Å². The number of nitrogens with zero attached hydrogens (tertiary/aromatic N) is 4. The van der Waals surface area contributed by atoms with Gasteiger partial charge in [0.05, 0.1) is 18.0 Å². The number of benzene rings is 2. The summed E-state index contributed by atoms with van der Waals surface area (Å²) in [6.45, 7) is 1.79. The number of halogens is 6. The molecule has 2 aromatic heterocycles. The average molecular weight is 619 g/mol. The van der Waals surface area contributed by atoms with E-state index in [1.54, 1.807) is 43.4 Å². The van der Waals surface area contributed by atoms with Crippen LogP contribution in [0.25, 0.3) is 11.4 Å². The van der Waals surface area contributed by atoms with E-state index < -0.39 is 23.7 Å².